The van der Waals surface area contributed by atoms with Crippen molar-refractivity contribution in [3.8, 4) is 11.1 Å². The maximum absolute atomic E-state index is 12.9. The van der Waals surface area contributed by atoms with Crippen LogP contribution in [0.3, 0.4) is 0 Å². The summed E-state index contributed by atoms with van der Waals surface area (Å²) < 4.78 is 2.58. The Morgan fingerprint density at radius 3 is 2.39 bits per heavy atom. The average Bonchev–Trinajstić information content (AvgIpc) is 3.06. The third-order valence-electron chi connectivity index (χ3n) is 3.44. The van der Waals surface area contributed by atoms with Crippen molar-refractivity contribution >= 4 is 28.1 Å². The Morgan fingerprint density at radius 2 is 1.65 bits per heavy atom. The number of benzene rings is 2. The third kappa shape index (κ3) is 2.69. The molecule has 0 spiro atoms. The highest BCUT2D eigenvalue weighted by Gasteiger charge is 2.16. The van der Waals surface area contributed by atoms with Crippen molar-refractivity contribution in [2.75, 3.05) is 0 Å². The van der Waals surface area contributed by atoms with E-state index in [9.17, 15) is 4.79 Å². The number of aromatic nitrogens is 2. The zero-order chi connectivity index (χ0) is 15.6. The summed E-state index contributed by atoms with van der Waals surface area (Å²) >= 11 is 3.15. The highest BCUT2D eigenvalue weighted by Crippen LogP contribution is 2.37. The topological polar surface area (TPSA) is 34.4 Å². The van der Waals surface area contributed by atoms with Crippen molar-refractivity contribution < 1.29 is 0 Å². The zero-order valence-electron chi connectivity index (χ0n) is 12.0. The number of hydrogen-bond acceptors (Lipinski definition) is 4. The molecule has 0 amide bonds. The fraction of sp³-hybridized carbons (Fsp3) is 0. The standard InChI is InChI=1S/C18H12N2OS2/c21-16-15(13-7-3-1-4-8-13)17(22-14-9-5-2-6-10-14)23-18-19-11-12-20(16)18/h1-12H. The van der Waals surface area contributed by atoms with E-state index in [4.69, 9.17) is 0 Å². The largest absolute Gasteiger partial charge is 0.268 e. The second-order valence-corrected chi connectivity index (χ2v) is 7.25. The Kier molecular flexibility index (Phi) is 3.73. The predicted octanol–water partition coefficient (Wildman–Crippen LogP) is 4.57. The van der Waals surface area contributed by atoms with Crippen LogP contribution in [0.5, 0.6) is 0 Å². The fourth-order valence-electron chi connectivity index (χ4n) is 2.38. The molecule has 0 saturated heterocycles. The van der Waals surface area contributed by atoms with Crippen LogP contribution in [-0.2, 0) is 0 Å². The molecule has 4 rings (SSSR count). The van der Waals surface area contributed by atoms with E-state index in [2.05, 4.69) is 4.98 Å². The molecule has 0 N–H and O–H groups in total. The van der Waals surface area contributed by atoms with Crippen LogP contribution in [0.25, 0.3) is 16.1 Å². The van der Waals surface area contributed by atoms with Gasteiger partial charge in [-0.25, -0.2) is 4.98 Å². The summed E-state index contributed by atoms with van der Waals surface area (Å²) in [5, 5.41) is 0. The first-order chi connectivity index (χ1) is 11.3. The highest BCUT2D eigenvalue weighted by atomic mass is 32.2. The van der Waals surface area contributed by atoms with E-state index in [0.717, 1.165) is 20.2 Å². The van der Waals surface area contributed by atoms with Crippen LogP contribution in [0.4, 0.5) is 0 Å². The lowest BCUT2D eigenvalue weighted by molar-refractivity contribution is 1.13. The Balaban J connectivity index is 1.96. The molecule has 0 atom stereocenters. The first kappa shape index (κ1) is 14.2. The van der Waals surface area contributed by atoms with Crippen molar-refractivity contribution in [1.82, 2.24) is 9.38 Å². The molecule has 0 fully saturated rings. The minimum Gasteiger partial charge on any atom is -0.268 e. The maximum atomic E-state index is 12.9. The van der Waals surface area contributed by atoms with Crippen molar-refractivity contribution in [3.05, 3.63) is 83.4 Å². The van der Waals surface area contributed by atoms with Gasteiger partial charge in [-0.05, 0) is 17.7 Å². The van der Waals surface area contributed by atoms with Gasteiger partial charge in [-0.1, -0.05) is 71.6 Å². The molecule has 4 aromatic rings. The van der Waals surface area contributed by atoms with Crippen LogP contribution in [0.2, 0.25) is 0 Å². The minimum absolute atomic E-state index is 0.0270. The summed E-state index contributed by atoms with van der Waals surface area (Å²) in [5.74, 6) is 0. The van der Waals surface area contributed by atoms with Crippen LogP contribution in [-0.4, -0.2) is 9.38 Å². The van der Waals surface area contributed by atoms with E-state index < -0.39 is 0 Å². The van der Waals surface area contributed by atoms with E-state index in [1.165, 1.54) is 11.3 Å². The number of rotatable bonds is 3. The van der Waals surface area contributed by atoms with Crippen LogP contribution in [0.15, 0.2) is 87.0 Å². The first-order valence-electron chi connectivity index (χ1n) is 7.11. The Morgan fingerprint density at radius 1 is 0.957 bits per heavy atom. The summed E-state index contributed by atoms with van der Waals surface area (Å²) in [4.78, 5) is 19.0. The Hall–Kier alpha value is -2.37. The molecular weight excluding hydrogens is 324 g/mol. The highest BCUT2D eigenvalue weighted by molar-refractivity contribution is 8.01. The number of hydrogen-bond donors (Lipinski definition) is 0. The monoisotopic (exact) mass is 336 g/mol. The summed E-state index contributed by atoms with van der Waals surface area (Å²) in [7, 11) is 0. The Labute approximate surface area is 141 Å². The predicted molar refractivity (Wildman–Crippen MR) is 95.3 cm³/mol. The number of imidazole rings is 1. The lowest BCUT2D eigenvalue weighted by Crippen LogP contribution is -2.14. The summed E-state index contributed by atoms with van der Waals surface area (Å²) in [6.45, 7) is 0. The molecule has 0 radical (unpaired) electrons. The molecule has 0 aliphatic carbocycles. The molecular formula is C18H12N2OS2. The summed E-state index contributed by atoms with van der Waals surface area (Å²) in [5.41, 5.74) is 1.64. The van der Waals surface area contributed by atoms with Crippen molar-refractivity contribution in [2.45, 2.75) is 9.10 Å². The quantitative estimate of drug-likeness (QED) is 0.549. The minimum atomic E-state index is -0.0270. The molecule has 0 saturated carbocycles. The van der Waals surface area contributed by atoms with Crippen molar-refractivity contribution in [3.63, 3.8) is 0 Å². The molecule has 3 nitrogen and oxygen atoms in total. The third-order valence-corrected chi connectivity index (χ3v) is 5.72. The number of nitrogens with zero attached hydrogens (tertiary/aromatic N) is 2. The van der Waals surface area contributed by atoms with Gasteiger partial charge in [0.1, 0.15) is 0 Å². The lowest BCUT2D eigenvalue weighted by atomic mass is 10.1. The van der Waals surface area contributed by atoms with Gasteiger partial charge in [0.2, 0.25) is 0 Å². The molecule has 2 aromatic carbocycles. The van der Waals surface area contributed by atoms with E-state index in [1.54, 1.807) is 28.6 Å². The second kappa shape index (κ2) is 6.02. The molecule has 0 aliphatic heterocycles. The van der Waals surface area contributed by atoms with Gasteiger partial charge in [-0.3, -0.25) is 9.20 Å². The molecule has 112 valence electrons. The fourth-order valence-corrected chi connectivity index (χ4v) is 4.70. The molecule has 0 unspecified atom stereocenters. The lowest BCUT2D eigenvalue weighted by Gasteiger charge is -2.09. The normalized spacial score (nSPS) is 11.0. The molecule has 2 aromatic heterocycles. The van der Waals surface area contributed by atoms with Crippen LogP contribution < -0.4 is 5.56 Å². The summed E-state index contributed by atoms with van der Waals surface area (Å²) in [6, 6.07) is 19.9. The van der Waals surface area contributed by atoms with Crippen LogP contribution in [0, 0.1) is 0 Å². The molecule has 23 heavy (non-hydrogen) atoms. The Bertz CT molecular complexity index is 1010. The van der Waals surface area contributed by atoms with Gasteiger partial charge in [-0.15, -0.1) is 0 Å². The van der Waals surface area contributed by atoms with E-state index >= 15 is 0 Å². The average molecular weight is 336 g/mol. The molecule has 5 heteroatoms. The van der Waals surface area contributed by atoms with E-state index in [-0.39, 0.29) is 5.56 Å². The van der Waals surface area contributed by atoms with Gasteiger partial charge in [0.05, 0.1) is 9.77 Å². The van der Waals surface area contributed by atoms with Gasteiger partial charge in [0.15, 0.2) is 4.96 Å². The van der Waals surface area contributed by atoms with Gasteiger partial charge >= 0.3 is 0 Å². The van der Waals surface area contributed by atoms with Gasteiger partial charge in [-0.2, -0.15) is 0 Å². The smallest absolute Gasteiger partial charge is 0.266 e. The maximum Gasteiger partial charge on any atom is 0.266 e. The molecule has 0 aliphatic rings. The second-order valence-electron chi connectivity index (χ2n) is 4.93. The first-order valence-corrected chi connectivity index (χ1v) is 8.75. The zero-order valence-corrected chi connectivity index (χ0v) is 13.7. The number of fused-ring (bicyclic) bond motifs is 1. The van der Waals surface area contributed by atoms with E-state index in [1.807, 2.05) is 60.7 Å². The SMILES string of the molecule is O=c1c(-c2ccccc2)c(Sc2ccccc2)sc2nccn12. The van der Waals surface area contributed by atoms with Gasteiger partial charge in [0.25, 0.3) is 5.56 Å². The van der Waals surface area contributed by atoms with Crippen LogP contribution >= 0.6 is 23.1 Å². The van der Waals surface area contributed by atoms with Crippen LogP contribution in [0.1, 0.15) is 0 Å². The van der Waals surface area contributed by atoms with Crippen molar-refractivity contribution in [2.24, 2.45) is 0 Å². The molecule has 0 bridgehead atoms. The summed E-state index contributed by atoms with van der Waals surface area (Å²) in [6.07, 6.45) is 3.39. The van der Waals surface area contributed by atoms with E-state index in [0.29, 0.717) is 4.96 Å². The molecule has 2 heterocycles. The van der Waals surface area contributed by atoms with Gasteiger partial charge in [0, 0.05) is 17.3 Å². The van der Waals surface area contributed by atoms with Crippen molar-refractivity contribution in [1.29, 1.82) is 0 Å². The van der Waals surface area contributed by atoms with Gasteiger partial charge < -0.3 is 0 Å².